The van der Waals surface area contributed by atoms with Gasteiger partial charge >= 0.3 is 0 Å². The topological polar surface area (TPSA) is 87.7 Å². The third-order valence-electron chi connectivity index (χ3n) is 7.86. The number of piperidine rings is 1. The van der Waals surface area contributed by atoms with Crippen molar-refractivity contribution < 1.29 is 17.5 Å². The van der Waals surface area contributed by atoms with Crippen LogP contribution in [0.1, 0.15) is 56.4 Å². The Morgan fingerprint density at radius 2 is 1.83 bits per heavy atom. The Morgan fingerprint density at radius 1 is 1.03 bits per heavy atom. The van der Waals surface area contributed by atoms with Crippen molar-refractivity contribution in [1.29, 1.82) is 0 Å². The fourth-order valence-corrected chi connectivity index (χ4v) is 7.38. The van der Waals surface area contributed by atoms with Crippen LogP contribution in [-0.4, -0.2) is 67.9 Å². The van der Waals surface area contributed by atoms with Crippen LogP contribution in [0, 0.1) is 11.7 Å². The summed E-state index contributed by atoms with van der Waals surface area (Å²) in [7, 11) is -3.51. The summed E-state index contributed by atoms with van der Waals surface area (Å²) in [6, 6.07) is 10.5. The van der Waals surface area contributed by atoms with E-state index in [0.29, 0.717) is 45.1 Å². The molecule has 2 atom stereocenters. The zero-order chi connectivity index (χ0) is 25.0. The molecule has 1 saturated carbocycles. The average Bonchev–Trinajstić information content (AvgIpc) is 3.45. The summed E-state index contributed by atoms with van der Waals surface area (Å²) in [6.07, 6.45) is 8.08. The molecule has 2 aromatic rings. The van der Waals surface area contributed by atoms with Crippen molar-refractivity contribution in [3.05, 3.63) is 54.0 Å². The summed E-state index contributed by atoms with van der Waals surface area (Å²) in [5, 5.41) is 8.26. The number of rotatable bonds is 8. The molecule has 1 aromatic heterocycles. The highest BCUT2D eigenvalue weighted by molar-refractivity contribution is 7.87. The molecule has 1 N–H and O–H groups in total. The third-order valence-corrected chi connectivity index (χ3v) is 9.51. The lowest BCUT2D eigenvalue weighted by molar-refractivity contribution is -0.00225. The lowest BCUT2D eigenvalue weighted by Gasteiger charge is -2.40. The van der Waals surface area contributed by atoms with Crippen LogP contribution in [0.5, 0.6) is 0 Å². The zero-order valence-electron chi connectivity index (χ0n) is 20.6. The second-order valence-electron chi connectivity index (χ2n) is 10.3. The van der Waals surface area contributed by atoms with Crippen LogP contribution in [0.2, 0.25) is 0 Å². The minimum atomic E-state index is -3.51. The highest BCUT2D eigenvalue weighted by atomic mass is 32.2. The van der Waals surface area contributed by atoms with Gasteiger partial charge in [-0.3, -0.25) is 0 Å². The molecule has 3 aliphatic rings. The van der Waals surface area contributed by atoms with Gasteiger partial charge in [0.1, 0.15) is 5.82 Å². The fourth-order valence-electron chi connectivity index (χ4n) is 5.80. The second-order valence-corrected chi connectivity index (χ2v) is 12.0. The second kappa shape index (κ2) is 11.5. The number of benzene rings is 1. The van der Waals surface area contributed by atoms with E-state index in [1.165, 1.54) is 6.07 Å². The van der Waals surface area contributed by atoms with Gasteiger partial charge in [-0.05, 0) is 80.7 Å². The molecule has 0 spiro atoms. The van der Waals surface area contributed by atoms with Crippen LogP contribution in [-0.2, 0) is 14.9 Å². The molecule has 2 saturated heterocycles. The number of hydrogen-bond acceptors (Lipinski definition) is 6. The van der Waals surface area contributed by atoms with Crippen LogP contribution in [0.25, 0.3) is 0 Å². The Morgan fingerprint density at radius 3 is 2.56 bits per heavy atom. The Bertz CT molecular complexity index is 1090. The van der Waals surface area contributed by atoms with E-state index in [-0.39, 0.29) is 23.9 Å². The Labute approximate surface area is 213 Å². The Hall–Kier alpha value is -2.14. The van der Waals surface area contributed by atoms with E-state index in [4.69, 9.17) is 4.74 Å². The van der Waals surface area contributed by atoms with Gasteiger partial charge in [0, 0.05) is 44.3 Å². The number of nitrogens with zero attached hydrogens (tertiary/aromatic N) is 4. The van der Waals surface area contributed by atoms with E-state index < -0.39 is 10.2 Å². The lowest BCUT2D eigenvalue weighted by Crippen LogP contribution is -2.55. The summed E-state index contributed by atoms with van der Waals surface area (Å²) in [6.45, 7) is 3.03. The quantitative estimate of drug-likeness (QED) is 0.577. The van der Waals surface area contributed by atoms with Gasteiger partial charge in [-0.2, -0.15) is 22.5 Å². The van der Waals surface area contributed by atoms with E-state index >= 15 is 0 Å². The van der Waals surface area contributed by atoms with Crippen LogP contribution in [0.15, 0.2) is 42.6 Å². The van der Waals surface area contributed by atoms with Gasteiger partial charge in [0.25, 0.3) is 10.2 Å². The van der Waals surface area contributed by atoms with Crippen LogP contribution >= 0.6 is 0 Å². The first kappa shape index (κ1) is 25.5. The molecule has 0 bridgehead atoms. The minimum absolute atomic E-state index is 0.000855. The number of hydrogen-bond donors (Lipinski definition) is 1. The molecule has 0 amide bonds. The molecule has 8 nitrogen and oxygen atoms in total. The van der Waals surface area contributed by atoms with Crippen molar-refractivity contribution >= 4 is 16.0 Å². The molecule has 1 aliphatic carbocycles. The molecule has 3 heterocycles. The molecule has 5 rings (SSSR count). The molecule has 10 heteroatoms. The smallest absolute Gasteiger partial charge is 0.279 e. The maximum Gasteiger partial charge on any atom is 0.279 e. The molecule has 36 heavy (non-hydrogen) atoms. The van der Waals surface area contributed by atoms with Crippen LogP contribution < -0.4 is 9.62 Å². The molecule has 1 aromatic carbocycles. The number of nitrogens with one attached hydrogen (secondary N) is 1. The van der Waals surface area contributed by atoms with Crippen molar-refractivity contribution in [2.75, 3.05) is 37.7 Å². The summed E-state index contributed by atoms with van der Waals surface area (Å²) >= 11 is 0. The first-order valence-corrected chi connectivity index (χ1v) is 14.6. The Kier molecular flexibility index (Phi) is 8.15. The number of aromatic nitrogens is 2. The van der Waals surface area contributed by atoms with Gasteiger partial charge in [-0.25, -0.2) is 4.39 Å². The van der Waals surface area contributed by atoms with E-state index in [9.17, 15) is 12.8 Å². The summed E-state index contributed by atoms with van der Waals surface area (Å²) in [5.74, 6) is 0.985. The first-order chi connectivity index (χ1) is 17.5. The van der Waals surface area contributed by atoms with E-state index in [0.717, 1.165) is 49.9 Å². The standard InChI is InChI=1S/C26H36FN5O3S/c27-23-6-3-5-21(17-23)20-8-10-24(11-9-20)35-19-22-18-31(26-7-4-13-28-29-26)16-12-25(22)30-36(33,34)32-14-1-2-15-32/h3-7,13,17,20,22,24-25,30H,1-2,8-12,14-16,18-19H2/t20-,22-,24+,25-/m0/s1. The molecule has 2 aliphatic heterocycles. The lowest BCUT2D eigenvalue weighted by atomic mass is 9.82. The maximum absolute atomic E-state index is 13.6. The maximum atomic E-state index is 13.6. The van der Waals surface area contributed by atoms with Crippen molar-refractivity contribution in [3.63, 3.8) is 0 Å². The van der Waals surface area contributed by atoms with Crippen LogP contribution in [0.3, 0.4) is 0 Å². The molecule has 0 radical (unpaired) electrons. The van der Waals surface area contributed by atoms with E-state index in [1.54, 1.807) is 22.6 Å². The monoisotopic (exact) mass is 517 g/mol. The number of anilines is 1. The third kappa shape index (κ3) is 6.22. The normalized spacial score (nSPS) is 27.9. The van der Waals surface area contributed by atoms with E-state index in [2.05, 4.69) is 19.8 Å². The van der Waals surface area contributed by atoms with Crippen molar-refractivity contribution in [2.45, 2.75) is 63.0 Å². The van der Waals surface area contributed by atoms with Crippen molar-refractivity contribution in [3.8, 4) is 0 Å². The zero-order valence-corrected chi connectivity index (χ0v) is 21.5. The highest BCUT2D eigenvalue weighted by Gasteiger charge is 2.36. The van der Waals surface area contributed by atoms with Gasteiger partial charge in [-0.1, -0.05) is 12.1 Å². The Balaban J connectivity index is 1.21. The fraction of sp³-hybridized carbons (Fsp3) is 0.615. The molecular weight excluding hydrogens is 481 g/mol. The average molecular weight is 518 g/mol. The van der Waals surface area contributed by atoms with Gasteiger partial charge in [-0.15, -0.1) is 5.10 Å². The summed E-state index contributed by atoms with van der Waals surface area (Å²) in [5.41, 5.74) is 1.07. The van der Waals surface area contributed by atoms with Gasteiger partial charge < -0.3 is 9.64 Å². The van der Waals surface area contributed by atoms with Gasteiger partial charge in [0.2, 0.25) is 0 Å². The van der Waals surface area contributed by atoms with Crippen molar-refractivity contribution in [2.24, 2.45) is 5.92 Å². The predicted octanol–water partition coefficient (Wildman–Crippen LogP) is 3.48. The molecule has 196 valence electrons. The highest BCUT2D eigenvalue weighted by Crippen LogP contribution is 2.35. The predicted molar refractivity (Wildman–Crippen MR) is 136 cm³/mol. The molecule has 0 unspecified atom stereocenters. The minimum Gasteiger partial charge on any atom is -0.378 e. The number of ether oxygens (including phenoxy) is 1. The van der Waals surface area contributed by atoms with E-state index in [1.807, 2.05) is 18.2 Å². The SMILES string of the molecule is O=S(=O)(N[C@H]1CCN(c2cccnn2)C[C@H]1CO[C@H]1CC[C@@H](c2cccc(F)c2)CC1)N1CCCC1. The van der Waals surface area contributed by atoms with Crippen LogP contribution in [0.4, 0.5) is 10.2 Å². The largest absolute Gasteiger partial charge is 0.378 e. The first-order valence-electron chi connectivity index (χ1n) is 13.1. The number of halogens is 1. The summed E-state index contributed by atoms with van der Waals surface area (Å²) < 4.78 is 50.6. The molecular formula is C26H36FN5O3S. The van der Waals surface area contributed by atoms with Gasteiger partial charge in [0.15, 0.2) is 5.82 Å². The van der Waals surface area contributed by atoms with Gasteiger partial charge in [0.05, 0.1) is 12.7 Å². The molecule has 3 fully saturated rings. The van der Waals surface area contributed by atoms with Crippen molar-refractivity contribution in [1.82, 2.24) is 19.2 Å². The summed E-state index contributed by atoms with van der Waals surface area (Å²) in [4.78, 5) is 2.17.